The van der Waals surface area contributed by atoms with Gasteiger partial charge in [-0.2, -0.15) is 8.42 Å². The second kappa shape index (κ2) is 11.5. The molecule has 9 heteroatoms. The second-order valence-corrected chi connectivity index (χ2v) is 10.4. The molecule has 33 heavy (non-hydrogen) atoms. The van der Waals surface area contributed by atoms with Crippen LogP contribution in [0.1, 0.15) is 53.0 Å². The van der Waals surface area contributed by atoms with Gasteiger partial charge in [0, 0.05) is 42.2 Å². The van der Waals surface area contributed by atoms with Crippen LogP contribution in [-0.2, 0) is 26.3 Å². The third-order valence-electron chi connectivity index (χ3n) is 5.05. The second-order valence-electron chi connectivity index (χ2n) is 8.37. The van der Waals surface area contributed by atoms with E-state index in [1.54, 1.807) is 17.0 Å². The molecular formula is C24H31ClN2O5S. The van der Waals surface area contributed by atoms with Gasteiger partial charge in [-0.15, -0.1) is 0 Å². The van der Waals surface area contributed by atoms with Crippen LogP contribution in [0.25, 0.3) is 0 Å². The van der Waals surface area contributed by atoms with Crippen LogP contribution in [0.2, 0.25) is 5.02 Å². The Bertz CT molecular complexity index is 1080. The smallest absolute Gasteiger partial charge is 0.339 e. The van der Waals surface area contributed by atoms with Crippen LogP contribution in [0, 0.1) is 5.92 Å². The standard InChI is InChI=1S/C24H31ClN2O5S/c1-6-17(4)27(24(29)13-16(2)3)15-19-14-20(25)7-12-23(19)32-33(30,31)22-10-8-21(9-11-22)26-18(5)28/h7-12,14,16-17H,6,13,15H2,1-5H3,(H,26,28)/t17-/m1/s1. The van der Waals surface area contributed by atoms with Gasteiger partial charge in [-0.1, -0.05) is 32.4 Å². The highest BCUT2D eigenvalue weighted by Gasteiger charge is 2.24. The molecule has 0 aliphatic heterocycles. The molecule has 0 heterocycles. The fraction of sp³-hybridized carbons (Fsp3) is 0.417. The van der Waals surface area contributed by atoms with Crippen LogP contribution in [0.4, 0.5) is 5.69 Å². The van der Waals surface area contributed by atoms with Crippen molar-refractivity contribution in [2.24, 2.45) is 5.92 Å². The lowest BCUT2D eigenvalue weighted by Gasteiger charge is -2.30. The van der Waals surface area contributed by atoms with E-state index in [1.165, 1.54) is 37.3 Å². The van der Waals surface area contributed by atoms with E-state index in [1.807, 2.05) is 27.7 Å². The van der Waals surface area contributed by atoms with Gasteiger partial charge in [0.2, 0.25) is 11.8 Å². The van der Waals surface area contributed by atoms with Crippen molar-refractivity contribution in [1.29, 1.82) is 0 Å². The van der Waals surface area contributed by atoms with E-state index >= 15 is 0 Å². The molecule has 0 spiro atoms. The number of carbonyl (C=O) groups excluding carboxylic acids is 2. The molecule has 0 saturated carbocycles. The summed E-state index contributed by atoms with van der Waals surface area (Å²) in [6.07, 6.45) is 1.14. The van der Waals surface area contributed by atoms with Crippen LogP contribution >= 0.6 is 11.6 Å². The van der Waals surface area contributed by atoms with Crippen molar-refractivity contribution in [2.75, 3.05) is 5.32 Å². The Morgan fingerprint density at radius 1 is 1.09 bits per heavy atom. The molecule has 7 nitrogen and oxygen atoms in total. The zero-order chi connectivity index (χ0) is 24.8. The minimum absolute atomic E-state index is 0.0123. The number of hydrogen-bond donors (Lipinski definition) is 1. The van der Waals surface area contributed by atoms with E-state index in [-0.39, 0.29) is 41.0 Å². The van der Waals surface area contributed by atoms with Crippen molar-refractivity contribution in [2.45, 2.75) is 64.9 Å². The lowest BCUT2D eigenvalue weighted by atomic mass is 10.1. The molecule has 2 amide bonds. The first-order valence-corrected chi connectivity index (χ1v) is 12.6. The third-order valence-corrected chi connectivity index (χ3v) is 6.54. The Hall–Kier alpha value is -2.58. The number of nitrogens with one attached hydrogen (secondary N) is 1. The molecule has 1 atom stereocenters. The quantitative estimate of drug-likeness (QED) is 0.456. The monoisotopic (exact) mass is 494 g/mol. The van der Waals surface area contributed by atoms with E-state index in [4.69, 9.17) is 15.8 Å². The number of carbonyl (C=O) groups is 2. The molecule has 180 valence electrons. The van der Waals surface area contributed by atoms with E-state index in [0.717, 1.165) is 6.42 Å². The number of rotatable bonds is 10. The molecule has 2 aromatic rings. The largest absolute Gasteiger partial charge is 0.379 e. The maximum atomic E-state index is 12.9. The van der Waals surface area contributed by atoms with E-state index in [2.05, 4.69) is 5.32 Å². The normalized spacial score (nSPS) is 12.3. The highest BCUT2D eigenvalue weighted by molar-refractivity contribution is 7.87. The third kappa shape index (κ3) is 7.75. The lowest BCUT2D eigenvalue weighted by Crippen LogP contribution is -2.38. The molecule has 0 bridgehead atoms. The summed E-state index contributed by atoms with van der Waals surface area (Å²) in [7, 11) is -4.15. The van der Waals surface area contributed by atoms with Crippen molar-refractivity contribution in [3.8, 4) is 5.75 Å². The number of benzene rings is 2. The summed E-state index contributed by atoms with van der Waals surface area (Å²) < 4.78 is 31.3. The first-order valence-electron chi connectivity index (χ1n) is 10.8. The molecule has 0 radical (unpaired) electrons. The highest BCUT2D eigenvalue weighted by atomic mass is 35.5. The van der Waals surface area contributed by atoms with Crippen LogP contribution in [0.5, 0.6) is 5.75 Å². The topological polar surface area (TPSA) is 92.8 Å². The Morgan fingerprint density at radius 3 is 2.27 bits per heavy atom. The highest BCUT2D eigenvalue weighted by Crippen LogP contribution is 2.29. The van der Waals surface area contributed by atoms with Gasteiger partial charge in [0.25, 0.3) is 0 Å². The van der Waals surface area contributed by atoms with Crippen LogP contribution in [0.3, 0.4) is 0 Å². The average molecular weight is 495 g/mol. The molecule has 0 fully saturated rings. The maximum absolute atomic E-state index is 12.9. The lowest BCUT2D eigenvalue weighted by molar-refractivity contribution is -0.134. The van der Waals surface area contributed by atoms with Crippen molar-refractivity contribution in [3.05, 3.63) is 53.1 Å². The number of nitrogens with zero attached hydrogens (tertiary/aromatic N) is 1. The predicted octanol–water partition coefficient (Wildman–Crippen LogP) is 5.24. The molecular weight excluding hydrogens is 464 g/mol. The molecule has 2 rings (SSSR count). The molecule has 0 aliphatic rings. The van der Waals surface area contributed by atoms with Crippen molar-refractivity contribution in [1.82, 2.24) is 4.90 Å². The van der Waals surface area contributed by atoms with Crippen molar-refractivity contribution >= 4 is 39.2 Å². The van der Waals surface area contributed by atoms with E-state index in [0.29, 0.717) is 22.7 Å². The molecule has 0 saturated heterocycles. The summed E-state index contributed by atoms with van der Waals surface area (Å²) in [5.74, 6) is 0.0307. The first-order chi connectivity index (χ1) is 15.4. The summed E-state index contributed by atoms with van der Waals surface area (Å²) in [6, 6.07) is 10.3. The minimum atomic E-state index is -4.15. The summed E-state index contributed by atoms with van der Waals surface area (Å²) in [4.78, 5) is 25.7. The zero-order valence-electron chi connectivity index (χ0n) is 19.6. The van der Waals surface area contributed by atoms with E-state index in [9.17, 15) is 18.0 Å². The predicted molar refractivity (Wildman–Crippen MR) is 130 cm³/mol. The summed E-state index contributed by atoms with van der Waals surface area (Å²) in [5, 5.41) is 3.00. The summed E-state index contributed by atoms with van der Waals surface area (Å²) >= 11 is 6.18. The molecule has 2 aromatic carbocycles. The zero-order valence-corrected chi connectivity index (χ0v) is 21.2. The fourth-order valence-corrected chi connectivity index (χ4v) is 4.35. The average Bonchev–Trinajstić information content (AvgIpc) is 2.72. The number of halogens is 1. The SMILES string of the molecule is CC[C@@H](C)N(Cc1cc(Cl)ccc1OS(=O)(=O)c1ccc(NC(C)=O)cc1)C(=O)CC(C)C. The van der Waals surface area contributed by atoms with Gasteiger partial charge >= 0.3 is 10.1 Å². The van der Waals surface area contributed by atoms with Crippen LogP contribution in [-0.4, -0.2) is 31.2 Å². The van der Waals surface area contributed by atoms with Gasteiger partial charge in [0.05, 0.1) is 0 Å². The van der Waals surface area contributed by atoms with Crippen LogP contribution in [0.15, 0.2) is 47.4 Å². The Morgan fingerprint density at radius 2 is 1.73 bits per heavy atom. The van der Waals surface area contributed by atoms with Crippen molar-refractivity contribution < 1.29 is 22.2 Å². The van der Waals surface area contributed by atoms with Gasteiger partial charge in [0.1, 0.15) is 10.6 Å². The van der Waals surface area contributed by atoms with Gasteiger partial charge in [-0.3, -0.25) is 9.59 Å². The molecule has 1 N–H and O–H groups in total. The molecule has 0 aliphatic carbocycles. The number of hydrogen-bond acceptors (Lipinski definition) is 5. The van der Waals surface area contributed by atoms with E-state index < -0.39 is 10.1 Å². The van der Waals surface area contributed by atoms with Gasteiger partial charge in [-0.25, -0.2) is 0 Å². The summed E-state index contributed by atoms with van der Waals surface area (Å²) in [5.41, 5.74) is 0.972. The Labute approximate surface area is 201 Å². The van der Waals surface area contributed by atoms with Gasteiger partial charge < -0.3 is 14.4 Å². The number of anilines is 1. The fourth-order valence-electron chi connectivity index (χ4n) is 3.19. The Balaban J connectivity index is 2.34. The number of amides is 2. The maximum Gasteiger partial charge on any atom is 0.339 e. The van der Waals surface area contributed by atoms with Gasteiger partial charge in [-0.05, 0) is 61.7 Å². The minimum Gasteiger partial charge on any atom is -0.379 e. The molecule has 0 unspecified atom stereocenters. The van der Waals surface area contributed by atoms with Gasteiger partial charge in [0.15, 0.2) is 0 Å². The Kier molecular flexibility index (Phi) is 9.31. The summed E-state index contributed by atoms with van der Waals surface area (Å²) in [6.45, 7) is 9.44. The molecule has 0 aromatic heterocycles. The van der Waals surface area contributed by atoms with Crippen LogP contribution < -0.4 is 9.50 Å². The van der Waals surface area contributed by atoms with Crippen molar-refractivity contribution in [3.63, 3.8) is 0 Å². The first kappa shape index (κ1) is 26.7.